The summed E-state index contributed by atoms with van der Waals surface area (Å²) < 4.78 is 1.91. The van der Waals surface area contributed by atoms with Gasteiger partial charge < -0.3 is 5.32 Å². The fourth-order valence-electron chi connectivity index (χ4n) is 3.52. The molecule has 21 heavy (non-hydrogen) atoms. The van der Waals surface area contributed by atoms with E-state index in [1.807, 2.05) is 17.9 Å². The van der Waals surface area contributed by atoms with Crippen molar-refractivity contribution in [3.63, 3.8) is 0 Å². The molecule has 1 amide bonds. The summed E-state index contributed by atoms with van der Waals surface area (Å²) in [5.74, 6) is 0.440. The normalized spacial score (nSPS) is 23.8. The summed E-state index contributed by atoms with van der Waals surface area (Å²) in [4.78, 5) is 14.7. The van der Waals surface area contributed by atoms with Gasteiger partial charge >= 0.3 is 0 Å². The van der Waals surface area contributed by atoms with Crippen molar-refractivity contribution >= 4 is 5.91 Å². The molecule has 1 N–H and O–H groups in total. The highest BCUT2D eigenvalue weighted by atomic mass is 16.2. The van der Waals surface area contributed by atoms with Crippen LogP contribution >= 0.6 is 0 Å². The third kappa shape index (κ3) is 3.28. The van der Waals surface area contributed by atoms with E-state index in [9.17, 15) is 4.79 Å². The van der Waals surface area contributed by atoms with Crippen molar-refractivity contribution in [1.29, 1.82) is 0 Å². The molecule has 1 aromatic rings. The van der Waals surface area contributed by atoms with Gasteiger partial charge in [0.05, 0.1) is 12.1 Å². The van der Waals surface area contributed by atoms with Crippen molar-refractivity contribution in [2.75, 3.05) is 13.1 Å². The van der Waals surface area contributed by atoms with Gasteiger partial charge in [0, 0.05) is 37.4 Å². The molecule has 116 valence electrons. The number of amides is 1. The number of carbonyl (C=O) groups excluding carboxylic acids is 1. The van der Waals surface area contributed by atoms with E-state index in [0.29, 0.717) is 6.04 Å². The molecule has 2 heterocycles. The molecule has 1 aliphatic carbocycles. The highest BCUT2D eigenvalue weighted by molar-refractivity contribution is 5.79. The molecule has 1 saturated carbocycles. The third-order valence-electron chi connectivity index (χ3n) is 5.08. The van der Waals surface area contributed by atoms with Crippen molar-refractivity contribution in [3.05, 3.63) is 17.5 Å². The smallest absolute Gasteiger partial charge is 0.224 e. The average Bonchev–Trinajstić information content (AvgIpc) is 3.18. The minimum atomic E-state index is 0.169. The summed E-state index contributed by atoms with van der Waals surface area (Å²) >= 11 is 0. The number of rotatable bonds is 4. The van der Waals surface area contributed by atoms with Gasteiger partial charge in [-0.05, 0) is 32.7 Å². The Morgan fingerprint density at radius 2 is 2.14 bits per heavy atom. The minimum Gasteiger partial charge on any atom is -0.353 e. The molecule has 1 saturated heterocycles. The molecular weight excluding hydrogens is 264 g/mol. The molecule has 5 heteroatoms. The van der Waals surface area contributed by atoms with E-state index in [1.54, 1.807) is 0 Å². The van der Waals surface area contributed by atoms with E-state index in [1.165, 1.54) is 24.1 Å². The maximum Gasteiger partial charge on any atom is 0.224 e. The monoisotopic (exact) mass is 290 g/mol. The van der Waals surface area contributed by atoms with E-state index in [4.69, 9.17) is 0 Å². The van der Waals surface area contributed by atoms with Crippen LogP contribution in [0.25, 0.3) is 0 Å². The fourth-order valence-corrected chi connectivity index (χ4v) is 3.52. The van der Waals surface area contributed by atoms with Crippen molar-refractivity contribution < 1.29 is 4.79 Å². The molecule has 5 nitrogen and oxygen atoms in total. The second-order valence-electron chi connectivity index (χ2n) is 6.59. The van der Waals surface area contributed by atoms with Gasteiger partial charge in [-0.3, -0.25) is 14.4 Å². The van der Waals surface area contributed by atoms with Gasteiger partial charge in [0.2, 0.25) is 5.91 Å². The largest absolute Gasteiger partial charge is 0.353 e. The van der Waals surface area contributed by atoms with Crippen LogP contribution in [-0.4, -0.2) is 39.7 Å². The lowest BCUT2D eigenvalue weighted by Gasteiger charge is -2.17. The van der Waals surface area contributed by atoms with E-state index in [-0.39, 0.29) is 11.8 Å². The number of likely N-dealkylation sites (tertiary alicyclic amines) is 1. The SMILES string of the molecule is Cc1c(CN2CCC(C(=O)NC3CCCC3)C2)cnn1C. The van der Waals surface area contributed by atoms with Crippen LogP contribution < -0.4 is 5.32 Å². The van der Waals surface area contributed by atoms with Crippen LogP contribution in [0.1, 0.15) is 43.4 Å². The lowest BCUT2D eigenvalue weighted by molar-refractivity contribution is -0.125. The van der Waals surface area contributed by atoms with Gasteiger partial charge in [-0.1, -0.05) is 12.8 Å². The maximum atomic E-state index is 12.3. The molecule has 0 bridgehead atoms. The second kappa shape index (κ2) is 6.18. The molecular formula is C16H26N4O. The van der Waals surface area contributed by atoms with Crippen molar-refractivity contribution in [2.45, 2.75) is 51.6 Å². The number of carbonyl (C=O) groups is 1. The highest BCUT2D eigenvalue weighted by Crippen LogP contribution is 2.22. The van der Waals surface area contributed by atoms with Crippen molar-refractivity contribution in [1.82, 2.24) is 20.0 Å². The van der Waals surface area contributed by atoms with Gasteiger partial charge in [0.15, 0.2) is 0 Å². The average molecular weight is 290 g/mol. The molecule has 2 aliphatic rings. The summed E-state index contributed by atoms with van der Waals surface area (Å²) in [6.45, 7) is 4.90. The molecule has 1 aromatic heterocycles. The summed E-state index contributed by atoms with van der Waals surface area (Å²) in [7, 11) is 1.97. The molecule has 3 rings (SSSR count). The van der Waals surface area contributed by atoms with E-state index in [0.717, 1.165) is 38.9 Å². The Morgan fingerprint density at radius 1 is 1.38 bits per heavy atom. The van der Waals surface area contributed by atoms with Gasteiger partial charge in [0.1, 0.15) is 0 Å². The molecule has 0 radical (unpaired) electrons. The van der Waals surface area contributed by atoms with Crippen LogP contribution in [0.4, 0.5) is 0 Å². The topological polar surface area (TPSA) is 50.2 Å². The number of aryl methyl sites for hydroxylation is 1. The lowest BCUT2D eigenvalue weighted by Crippen LogP contribution is -2.38. The van der Waals surface area contributed by atoms with Crippen LogP contribution in [0, 0.1) is 12.8 Å². The number of hydrogen-bond donors (Lipinski definition) is 1. The van der Waals surface area contributed by atoms with E-state index < -0.39 is 0 Å². The highest BCUT2D eigenvalue weighted by Gasteiger charge is 2.30. The van der Waals surface area contributed by atoms with E-state index >= 15 is 0 Å². The summed E-state index contributed by atoms with van der Waals surface area (Å²) in [6.07, 6.45) is 7.79. The van der Waals surface area contributed by atoms with Crippen LogP contribution in [0.3, 0.4) is 0 Å². The van der Waals surface area contributed by atoms with Crippen molar-refractivity contribution in [2.24, 2.45) is 13.0 Å². The van der Waals surface area contributed by atoms with E-state index in [2.05, 4.69) is 22.2 Å². The van der Waals surface area contributed by atoms with Crippen molar-refractivity contribution in [3.8, 4) is 0 Å². The molecule has 2 fully saturated rings. The fraction of sp³-hybridized carbons (Fsp3) is 0.750. The predicted molar refractivity (Wildman–Crippen MR) is 81.7 cm³/mol. The predicted octanol–water partition coefficient (Wildman–Crippen LogP) is 1.61. The maximum absolute atomic E-state index is 12.3. The Balaban J connectivity index is 1.50. The first-order chi connectivity index (χ1) is 10.1. The quantitative estimate of drug-likeness (QED) is 0.916. The van der Waals surface area contributed by atoms with Gasteiger partial charge in [-0.25, -0.2) is 0 Å². The van der Waals surface area contributed by atoms with Crippen LogP contribution in [-0.2, 0) is 18.4 Å². The number of hydrogen-bond acceptors (Lipinski definition) is 3. The first-order valence-corrected chi connectivity index (χ1v) is 8.13. The Hall–Kier alpha value is -1.36. The van der Waals surface area contributed by atoms with Gasteiger partial charge in [-0.15, -0.1) is 0 Å². The second-order valence-corrected chi connectivity index (χ2v) is 6.59. The zero-order chi connectivity index (χ0) is 14.8. The number of nitrogens with zero attached hydrogens (tertiary/aromatic N) is 3. The Bertz CT molecular complexity index is 504. The Labute approximate surface area is 126 Å². The van der Waals surface area contributed by atoms with Gasteiger partial charge in [0.25, 0.3) is 0 Å². The Kier molecular flexibility index (Phi) is 4.29. The standard InChI is InChI=1S/C16H26N4O/c1-12-14(9-17-19(12)2)11-20-8-7-13(10-20)16(21)18-15-5-3-4-6-15/h9,13,15H,3-8,10-11H2,1-2H3,(H,18,21). The number of aromatic nitrogens is 2. The first-order valence-electron chi connectivity index (χ1n) is 8.13. The summed E-state index contributed by atoms with van der Waals surface area (Å²) in [5, 5.41) is 7.53. The molecule has 1 unspecified atom stereocenters. The molecule has 0 spiro atoms. The summed E-state index contributed by atoms with van der Waals surface area (Å²) in [6, 6.07) is 0.437. The Morgan fingerprint density at radius 3 is 2.81 bits per heavy atom. The zero-order valence-electron chi connectivity index (χ0n) is 13.1. The first kappa shape index (κ1) is 14.6. The van der Waals surface area contributed by atoms with Crippen LogP contribution in [0.2, 0.25) is 0 Å². The van der Waals surface area contributed by atoms with Gasteiger partial charge in [-0.2, -0.15) is 5.10 Å². The summed E-state index contributed by atoms with van der Waals surface area (Å²) in [5.41, 5.74) is 2.49. The molecule has 0 aromatic carbocycles. The van der Waals surface area contributed by atoms with Crippen LogP contribution in [0.5, 0.6) is 0 Å². The molecule has 1 aliphatic heterocycles. The van der Waals surface area contributed by atoms with Crippen LogP contribution in [0.15, 0.2) is 6.20 Å². The number of nitrogens with one attached hydrogen (secondary N) is 1. The third-order valence-corrected chi connectivity index (χ3v) is 5.08. The minimum absolute atomic E-state index is 0.169. The molecule has 1 atom stereocenters. The zero-order valence-corrected chi connectivity index (χ0v) is 13.1. The lowest BCUT2D eigenvalue weighted by atomic mass is 10.1.